The number of hydrogen-bond donors (Lipinski definition) is 1. The largest absolute Gasteiger partial charge is 0.497 e. The molecule has 0 aliphatic carbocycles. The molecule has 1 fully saturated rings. The number of nitrogens with one attached hydrogen (secondary N) is 1. The smallest absolute Gasteiger partial charge is 0.255 e. The number of anilines is 1. The molecule has 1 N–H and O–H groups in total. The molecule has 0 radical (unpaired) electrons. The summed E-state index contributed by atoms with van der Waals surface area (Å²) in [6.45, 7) is 2.09. The lowest BCUT2D eigenvalue weighted by Crippen LogP contribution is -2.49. The van der Waals surface area contributed by atoms with Crippen LogP contribution in [0.1, 0.15) is 16.8 Å². The molecule has 1 aromatic carbocycles. The minimum Gasteiger partial charge on any atom is -0.497 e. The van der Waals surface area contributed by atoms with E-state index in [2.05, 4.69) is 15.3 Å². The first-order valence-electron chi connectivity index (χ1n) is 9.94. The fourth-order valence-corrected chi connectivity index (χ4v) is 4.77. The Bertz CT molecular complexity index is 979. The van der Waals surface area contributed by atoms with Crippen LogP contribution in [-0.4, -0.2) is 81.3 Å². The fourth-order valence-electron chi connectivity index (χ4n) is 3.29. The first-order valence-corrected chi connectivity index (χ1v) is 11.6. The van der Waals surface area contributed by atoms with Crippen LogP contribution in [0.5, 0.6) is 11.5 Å². The lowest BCUT2D eigenvalue weighted by Gasteiger charge is -2.33. The Balaban J connectivity index is 1.45. The summed E-state index contributed by atoms with van der Waals surface area (Å²) in [6.07, 6.45) is 3.65. The average molecular weight is 450 g/mol. The van der Waals surface area contributed by atoms with Crippen LogP contribution in [0.4, 0.5) is 5.95 Å². The van der Waals surface area contributed by atoms with Crippen LogP contribution >= 0.6 is 0 Å². The molecule has 2 heterocycles. The van der Waals surface area contributed by atoms with Gasteiger partial charge in [-0.05, 0) is 24.6 Å². The van der Waals surface area contributed by atoms with Crippen LogP contribution < -0.4 is 19.7 Å². The highest BCUT2D eigenvalue weighted by Crippen LogP contribution is 2.24. The van der Waals surface area contributed by atoms with Crippen LogP contribution in [0.25, 0.3) is 0 Å². The van der Waals surface area contributed by atoms with Crippen molar-refractivity contribution in [2.24, 2.45) is 0 Å². The second-order valence-corrected chi connectivity index (χ2v) is 9.02. The van der Waals surface area contributed by atoms with Crippen molar-refractivity contribution >= 4 is 21.9 Å². The highest BCUT2D eigenvalue weighted by molar-refractivity contribution is 7.89. The summed E-state index contributed by atoms with van der Waals surface area (Å²) in [5, 5.41) is 2.75. The first-order chi connectivity index (χ1) is 14.9. The van der Waals surface area contributed by atoms with Crippen molar-refractivity contribution in [3.05, 3.63) is 42.2 Å². The number of sulfonamides is 1. The maximum Gasteiger partial charge on any atom is 0.255 e. The molecular formula is C20H27N5O5S. The van der Waals surface area contributed by atoms with E-state index in [1.54, 1.807) is 36.7 Å². The number of nitrogens with zero attached hydrogens (tertiary/aromatic N) is 4. The van der Waals surface area contributed by atoms with Crippen molar-refractivity contribution in [1.82, 2.24) is 19.6 Å². The van der Waals surface area contributed by atoms with Crippen molar-refractivity contribution in [1.29, 1.82) is 0 Å². The molecule has 0 saturated carbocycles. The number of carbonyl (C=O) groups is 1. The van der Waals surface area contributed by atoms with Gasteiger partial charge in [-0.2, -0.15) is 4.31 Å². The molecule has 0 unspecified atom stereocenters. The highest BCUT2D eigenvalue weighted by atomic mass is 32.2. The van der Waals surface area contributed by atoms with Gasteiger partial charge in [0.1, 0.15) is 11.5 Å². The molecule has 11 heteroatoms. The van der Waals surface area contributed by atoms with Crippen LogP contribution in [-0.2, 0) is 10.0 Å². The maximum absolute atomic E-state index is 12.6. The fraction of sp³-hybridized carbons (Fsp3) is 0.450. The number of hydrogen-bond acceptors (Lipinski definition) is 8. The van der Waals surface area contributed by atoms with Gasteiger partial charge in [-0.15, -0.1) is 0 Å². The Hall–Kier alpha value is -2.92. The van der Waals surface area contributed by atoms with Crippen LogP contribution in [0.15, 0.2) is 36.7 Å². The van der Waals surface area contributed by atoms with Crippen LogP contribution in [0, 0.1) is 0 Å². The molecule has 1 aromatic heterocycles. The third-order valence-electron chi connectivity index (χ3n) is 4.98. The Morgan fingerprint density at radius 2 is 1.81 bits per heavy atom. The van der Waals surface area contributed by atoms with Crippen molar-refractivity contribution in [2.75, 3.05) is 57.6 Å². The highest BCUT2D eigenvalue weighted by Gasteiger charge is 2.27. The van der Waals surface area contributed by atoms with E-state index in [0.29, 0.717) is 55.6 Å². The summed E-state index contributed by atoms with van der Waals surface area (Å²) in [6, 6.07) is 6.65. The van der Waals surface area contributed by atoms with Gasteiger partial charge in [-0.25, -0.2) is 18.4 Å². The van der Waals surface area contributed by atoms with Gasteiger partial charge < -0.3 is 19.7 Å². The third kappa shape index (κ3) is 5.82. The van der Waals surface area contributed by atoms with Gasteiger partial charge in [-0.1, -0.05) is 0 Å². The molecule has 10 nitrogen and oxygen atoms in total. The monoisotopic (exact) mass is 449 g/mol. The number of rotatable bonds is 9. The predicted molar refractivity (Wildman–Crippen MR) is 116 cm³/mol. The number of methoxy groups -OCH3 is 2. The van der Waals surface area contributed by atoms with Gasteiger partial charge in [0.05, 0.1) is 25.5 Å². The van der Waals surface area contributed by atoms with Crippen molar-refractivity contribution in [3.63, 3.8) is 0 Å². The molecule has 1 amide bonds. The number of aromatic nitrogens is 2. The third-order valence-corrected chi connectivity index (χ3v) is 6.94. The standard InChI is InChI=1S/C20H27N5O5S/c1-29-16-5-6-17(18(15-16)30-2)19(26)21-9-4-14-31(27,28)25-12-10-24(11-13-25)20-22-7-3-8-23-20/h3,5-8,15H,4,9-14H2,1-2H3,(H,21,26). The zero-order valence-electron chi connectivity index (χ0n) is 17.7. The van der Waals surface area contributed by atoms with E-state index in [-0.39, 0.29) is 18.2 Å². The zero-order valence-corrected chi connectivity index (χ0v) is 18.5. The molecule has 0 spiro atoms. The van der Waals surface area contributed by atoms with E-state index in [1.165, 1.54) is 18.5 Å². The maximum atomic E-state index is 12.6. The summed E-state index contributed by atoms with van der Waals surface area (Å²) in [5.74, 6) is 1.22. The summed E-state index contributed by atoms with van der Waals surface area (Å²) >= 11 is 0. The second-order valence-electron chi connectivity index (χ2n) is 6.93. The van der Waals surface area contributed by atoms with Gasteiger partial charge in [0.2, 0.25) is 16.0 Å². The van der Waals surface area contributed by atoms with Gasteiger partial charge in [0.25, 0.3) is 5.91 Å². The molecule has 168 valence electrons. The van der Waals surface area contributed by atoms with Crippen molar-refractivity contribution in [3.8, 4) is 11.5 Å². The molecule has 2 aromatic rings. The lowest BCUT2D eigenvalue weighted by molar-refractivity contribution is 0.0950. The summed E-state index contributed by atoms with van der Waals surface area (Å²) < 4.78 is 37.1. The van der Waals surface area contributed by atoms with E-state index in [9.17, 15) is 13.2 Å². The number of ether oxygens (including phenoxy) is 2. The average Bonchev–Trinajstić information content (AvgIpc) is 2.82. The van der Waals surface area contributed by atoms with Crippen molar-refractivity contribution in [2.45, 2.75) is 6.42 Å². The minimum absolute atomic E-state index is 0.0329. The number of piperazine rings is 1. The molecular weight excluding hydrogens is 422 g/mol. The summed E-state index contributed by atoms with van der Waals surface area (Å²) in [4.78, 5) is 22.8. The number of amides is 1. The van der Waals surface area contributed by atoms with Gasteiger partial charge in [0, 0.05) is 51.2 Å². The summed E-state index contributed by atoms with van der Waals surface area (Å²) in [7, 11) is -0.394. The van der Waals surface area contributed by atoms with Crippen molar-refractivity contribution < 1.29 is 22.7 Å². The molecule has 1 aliphatic rings. The molecule has 1 saturated heterocycles. The molecule has 3 rings (SSSR count). The Morgan fingerprint density at radius 3 is 2.45 bits per heavy atom. The van der Waals surface area contributed by atoms with E-state index in [4.69, 9.17) is 9.47 Å². The molecule has 0 atom stereocenters. The normalized spacial score (nSPS) is 14.8. The number of benzene rings is 1. The zero-order chi connectivity index (χ0) is 22.3. The SMILES string of the molecule is COc1ccc(C(=O)NCCCS(=O)(=O)N2CCN(c3ncccn3)CC2)c(OC)c1. The molecule has 31 heavy (non-hydrogen) atoms. The lowest BCUT2D eigenvalue weighted by atomic mass is 10.1. The van der Waals surface area contributed by atoms with E-state index >= 15 is 0 Å². The van der Waals surface area contributed by atoms with Gasteiger partial charge in [0.15, 0.2) is 0 Å². The Kier molecular flexibility index (Phi) is 7.64. The number of carbonyl (C=O) groups excluding carboxylic acids is 1. The molecule has 0 bridgehead atoms. The van der Waals surface area contributed by atoms with Crippen LogP contribution in [0.3, 0.4) is 0 Å². The van der Waals surface area contributed by atoms with Crippen LogP contribution in [0.2, 0.25) is 0 Å². The topological polar surface area (TPSA) is 114 Å². The van der Waals surface area contributed by atoms with E-state index in [0.717, 1.165) is 0 Å². The first kappa shape index (κ1) is 22.8. The van der Waals surface area contributed by atoms with E-state index in [1.807, 2.05) is 4.90 Å². The van der Waals surface area contributed by atoms with Gasteiger partial charge >= 0.3 is 0 Å². The predicted octanol–water partition coefficient (Wildman–Crippen LogP) is 0.766. The minimum atomic E-state index is -3.40. The second kappa shape index (κ2) is 10.4. The van der Waals surface area contributed by atoms with E-state index < -0.39 is 10.0 Å². The Morgan fingerprint density at radius 1 is 1.10 bits per heavy atom. The summed E-state index contributed by atoms with van der Waals surface area (Å²) in [5.41, 5.74) is 0.366. The van der Waals surface area contributed by atoms with Gasteiger partial charge in [-0.3, -0.25) is 4.79 Å². The Labute approximate surface area is 182 Å². The quantitative estimate of drug-likeness (QED) is 0.559. The molecule has 1 aliphatic heterocycles.